The molecule has 184 valence electrons. The number of phenols is 2. The summed E-state index contributed by atoms with van der Waals surface area (Å²) in [4.78, 5) is 8.90. The second-order valence-electron chi connectivity index (χ2n) is 9.11. The van der Waals surface area contributed by atoms with Gasteiger partial charge in [0.25, 0.3) is 0 Å². The highest BCUT2D eigenvalue weighted by molar-refractivity contribution is 6.32. The molecule has 0 amide bonds. The van der Waals surface area contributed by atoms with Crippen molar-refractivity contribution < 1.29 is 33.3 Å². The van der Waals surface area contributed by atoms with Gasteiger partial charge in [0, 0.05) is 11.5 Å². The fourth-order valence-electron chi connectivity index (χ4n) is 5.83. The van der Waals surface area contributed by atoms with Gasteiger partial charge in [-0.2, -0.15) is 13.2 Å². The van der Waals surface area contributed by atoms with Crippen molar-refractivity contribution in [1.82, 2.24) is 5.32 Å². The number of nitrogens with one attached hydrogen (secondary N) is 2. The second kappa shape index (κ2) is 9.19. The van der Waals surface area contributed by atoms with E-state index in [1.165, 1.54) is 36.8 Å². The molecule has 2 bridgehead atoms. The van der Waals surface area contributed by atoms with Gasteiger partial charge in [0.1, 0.15) is 5.75 Å². The van der Waals surface area contributed by atoms with Crippen LogP contribution in [-0.2, 0) is 16.6 Å². The first-order valence-corrected chi connectivity index (χ1v) is 11.5. The zero-order chi connectivity index (χ0) is 24.7. The van der Waals surface area contributed by atoms with E-state index in [2.05, 4.69) is 16.7 Å². The highest BCUT2D eigenvalue weighted by Crippen LogP contribution is 2.55. The van der Waals surface area contributed by atoms with Crippen molar-refractivity contribution in [3.8, 4) is 11.5 Å². The van der Waals surface area contributed by atoms with Crippen molar-refractivity contribution in [3.63, 3.8) is 0 Å². The summed E-state index contributed by atoms with van der Waals surface area (Å²) in [6.45, 7) is 1.07. The number of aromatic hydroxyl groups is 2. The molecule has 5 rings (SSSR count). The fraction of sp³-hybridized carbons (Fsp3) is 0.458. The number of carboxylic acid groups (broad SMARTS) is 1. The summed E-state index contributed by atoms with van der Waals surface area (Å²) in [5.41, 5.74) is 4.00. The maximum absolute atomic E-state index is 10.8. The van der Waals surface area contributed by atoms with E-state index in [1.54, 1.807) is 18.2 Å². The largest absolute Gasteiger partial charge is 0.506 e. The number of benzene rings is 2. The number of halogens is 4. The standard InChI is InChI=1S/C22H25ClN2O2.C2HF3O2/c23-16-5-3-6-17(21(16)27)25-19-11-13-10-18-14-4-1-2-7-22(14,8-9-24-18)15(13)12-20(19)26;3-2(4,5)1(6)7/h3,5-6,11-12,14,18,24-27H,1-2,4,7-10H2;(H,6,7)/t14-,18+,22+;/m1./s1. The van der Waals surface area contributed by atoms with Gasteiger partial charge in [0.05, 0.1) is 16.4 Å². The normalized spacial score (nSPS) is 25.3. The number of carbonyl (C=O) groups is 1. The number of para-hydroxylation sites is 1. The van der Waals surface area contributed by atoms with E-state index in [0.29, 0.717) is 28.4 Å². The predicted octanol–water partition coefficient (Wildman–Crippen LogP) is 5.47. The van der Waals surface area contributed by atoms with Crippen molar-refractivity contribution in [2.45, 2.75) is 56.2 Å². The summed E-state index contributed by atoms with van der Waals surface area (Å²) in [7, 11) is 0. The number of hydrogen-bond donors (Lipinski definition) is 5. The maximum Gasteiger partial charge on any atom is 0.490 e. The lowest BCUT2D eigenvalue weighted by Gasteiger charge is -2.56. The number of carboxylic acids is 1. The van der Waals surface area contributed by atoms with Gasteiger partial charge in [-0.15, -0.1) is 0 Å². The number of piperidine rings is 1. The van der Waals surface area contributed by atoms with Crippen LogP contribution in [0.3, 0.4) is 0 Å². The van der Waals surface area contributed by atoms with Crippen molar-refractivity contribution in [2.75, 3.05) is 11.9 Å². The molecule has 0 aromatic heterocycles. The molecular formula is C24H26ClF3N2O4. The van der Waals surface area contributed by atoms with Crippen LogP contribution in [0, 0.1) is 5.92 Å². The van der Waals surface area contributed by atoms with Crippen LogP contribution in [0.5, 0.6) is 11.5 Å². The summed E-state index contributed by atoms with van der Waals surface area (Å²) in [6.07, 6.45) is 2.18. The molecule has 0 spiro atoms. The molecule has 10 heteroatoms. The molecule has 0 radical (unpaired) electrons. The Labute approximate surface area is 199 Å². The molecule has 5 N–H and O–H groups in total. The SMILES string of the molecule is O=C(O)C(F)(F)F.Oc1cc2c(cc1Nc1cccc(Cl)c1O)C[C@@H]1NCC[C@]23CCCC[C@H]13. The second-order valence-corrected chi connectivity index (χ2v) is 9.52. The first-order valence-electron chi connectivity index (χ1n) is 11.2. The van der Waals surface area contributed by atoms with Gasteiger partial charge in [0.15, 0.2) is 5.75 Å². The molecule has 3 aliphatic rings. The lowest BCUT2D eigenvalue weighted by atomic mass is 9.53. The molecule has 1 saturated heterocycles. The van der Waals surface area contributed by atoms with Crippen LogP contribution in [0.25, 0.3) is 0 Å². The number of alkyl halides is 3. The van der Waals surface area contributed by atoms with E-state index in [1.807, 2.05) is 6.07 Å². The number of hydrogen-bond acceptors (Lipinski definition) is 5. The average Bonchev–Trinajstić information content (AvgIpc) is 2.78. The summed E-state index contributed by atoms with van der Waals surface area (Å²) in [6, 6.07) is 9.76. The van der Waals surface area contributed by atoms with Crippen LogP contribution < -0.4 is 10.6 Å². The first-order chi connectivity index (χ1) is 16.0. The third-order valence-corrected chi connectivity index (χ3v) is 7.56. The zero-order valence-electron chi connectivity index (χ0n) is 18.3. The third-order valence-electron chi connectivity index (χ3n) is 7.26. The first kappa shape index (κ1) is 24.5. The number of rotatable bonds is 2. The quantitative estimate of drug-likeness (QED) is 0.352. The minimum absolute atomic E-state index is 0.000705. The maximum atomic E-state index is 10.8. The highest BCUT2D eigenvalue weighted by Gasteiger charge is 2.51. The number of fused-ring (bicyclic) bond motifs is 1. The van der Waals surface area contributed by atoms with E-state index in [4.69, 9.17) is 21.5 Å². The summed E-state index contributed by atoms with van der Waals surface area (Å²) in [5.74, 6) is -1.83. The Morgan fingerprint density at radius 2 is 1.88 bits per heavy atom. The van der Waals surface area contributed by atoms with E-state index >= 15 is 0 Å². The highest BCUT2D eigenvalue weighted by atomic mass is 35.5. The minimum Gasteiger partial charge on any atom is -0.506 e. The summed E-state index contributed by atoms with van der Waals surface area (Å²) >= 11 is 6.01. The Hall–Kier alpha value is -2.65. The molecule has 0 unspecified atom stereocenters. The Morgan fingerprint density at radius 1 is 1.15 bits per heavy atom. The lowest BCUT2D eigenvalue weighted by molar-refractivity contribution is -0.192. The predicted molar refractivity (Wildman–Crippen MR) is 122 cm³/mol. The van der Waals surface area contributed by atoms with Gasteiger partial charge in [0.2, 0.25) is 0 Å². The van der Waals surface area contributed by atoms with Gasteiger partial charge >= 0.3 is 12.1 Å². The minimum atomic E-state index is -5.08. The molecule has 6 nitrogen and oxygen atoms in total. The van der Waals surface area contributed by atoms with Crippen LogP contribution in [0.15, 0.2) is 30.3 Å². The van der Waals surface area contributed by atoms with Crippen LogP contribution in [-0.4, -0.2) is 40.1 Å². The Balaban J connectivity index is 0.000000344. The third kappa shape index (κ3) is 4.51. The molecule has 1 saturated carbocycles. The Morgan fingerprint density at radius 3 is 2.59 bits per heavy atom. The molecule has 34 heavy (non-hydrogen) atoms. The number of phenolic OH excluding ortho intramolecular Hbond substituents is 2. The Bertz CT molecular complexity index is 1090. The molecule has 2 aliphatic carbocycles. The van der Waals surface area contributed by atoms with Gasteiger partial charge in [-0.05, 0) is 73.5 Å². The van der Waals surface area contributed by atoms with Crippen LogP contribution in [0.2, 0.25) is 5.02 Å². The molecular weight excluding hydrogens is 473 g/mol. The topological polar surface area (TPSA) is 102 Å². The average molecular weight is 499 g/mol. The van der Waals surface area contributed by atoms with Gasteiger partial charge in [-0.1, -0.05) is 30.5 Å². The van der Waals surface area contributed by atoms with E-state index in [-0.39, 0.29) is 16.9 Å². The summed E-state index contributed by atoms with van der Waals surface area (Å²) in [5, 5.41) is 35.3. The van der Waals surface area contributed by atoms with Crippen LogP contribution in [0.1, 0.15) is 43.2 Å². The molecule has 1 heterocycles. The smallest absolute Gasteiger partial charge is 0.490 e. The summed E-state index contributed by atoms with van der Waals surface area (Å²) < 4.78 is 31.7. The van der Waals surface area contributed by atoms with Crippen LogP contribution >= 0.6 is 11.6 Å². The Kier molecular flexibility index (Phi) is 6.61. The van der Waals surface area contributed by atoms with E-state index in [0.717, 1.165) is 19.4 Å². The number of anilines is 2. The molecule has 2 fully saturated rings. The van der Waals surface area contributed by atoms with Crippen molar-refractivity contribution in [3.05, 3.63) is 46.5 Å². The zero-order valence-corrected chi connectivity index (χ0v) is 19.0. The van der Waals surface area contributed by atoms with Gasteiger partial charge in [-0.3, -0.25) is 0 Å². The molecule has 2 aromatic carbocycles. The van der Waals surface area contributed by atoms with Crippen molar-refractivity contribution >= 4 is 28.9 Å². The van der Waals surface area contributed by atoms with Gasteiger partial charge in [-0.25, -0.2) is 4.79 Å². The van der Waals surface area contributed by atoms with Gasteiger partial charge < -0.3 is 26.0 Å². The fourth-order valence-corrected chi connectivity index (χ4v) is 6.01. The lowest BCUT2D eigenvalue weighted by Crippen LogP contribution is -2.59. The van der Waals surface area contributed by atoms with E-state index < -0.39 is 12.1 Å². The van der Waals surface area contributed by atoms with Crippen LogP contribution in [0.4, 0.5) is 24.5 Å². The number of aliphatic carboxylic acids is 1. The van der Waals surface area contributed by atoms with Crippen molar-refractivity contribution in [2.24, 2.45) is 5.92 Å². The molecule has 1 aliphatic heterocycles. The van der Waals surface area contributed by atoms with Crippen molar-refractivity contribution in [1.29, 1.82) is 0 Å². The molecule has 3 atom stereocenters. The van der Waals surface area contributed by atoms with E-state index in [9.17, 15) is 23.4 Å². The monoisotopic (exact) mass is 498 g/mol. The molecule has 2 aromatic rings.